The molecule has 2 atom stereocenters. The normalized spacial score (nSPS) is 19.8. The average Bonchev–Trinajstić information content (AvgIpc) is 3.18. The highest BCUT2D eigenvalue weighted by Crippen LogP contribution is 2.30. The van der Waals surface area contributed by atoms with E-state index < -0.39 is 15.9 Å². The molecule has 0 spiro atoms. The Kier molecular flexibility index (Phi) is 7.08. The third-order valence-electron chi connectivity index (χ3n) is 5.63. The van der Waals surface area contributed by atoms with Crippen LogP contribution in [0.15, 0.2) is 28.5 Å². The molecule has 1 saturated carbocycles. The predicted octanol–water partition coefficient (Wildman–Crippen LogP) is 4.56. The van der Waals surface area contributed by atoms with E-state index in [2.05, 4.69) is 42.7 Å². The molecule has 170 valence electrons. The molecule has 1 aliphatic carbocycles. The van der Waals surface area contributed by atoms with E-state index in [1.807, 2.05) is 5.38 Å². The van der Waals surface area contributed by atoms with Gasteiger partial charge in [-0.3, -0.25) is 10.1 Å². The van der Waals surface area contributed by atoms with Gasteiger partial charge in [-0.05, 0) is 37.0 Å². The van der Waals surface area contributed by atoms with Crippen molar-refractivity contribution < 1.29 is 17.9 Å². The molecule has 2 aromatic rings. The van der Waals surface area contributed by atoms with E-state index in [0.29, 0.717) is 5.13 Å². The Balaban J connectivity index is 1.84. The third kappa shape index (κ3) is 5.64. The van der Waals surface area contributed by atoms with Crippen LogP contribution in [0.1, 0.15) is 69.4 Å². The summed E-state index contributed by atoms with van der Waals surface area (Å²) in [7, 11) is -2.43. The Morgan fingerprint density at radius 3 is 2.55 bits per heavy atom. The lowest BCUT2D eigenvalue weighted by Gasteiger charge is -2.29. The van der Waals surface area contributed by atoms with Crippen LogP contribution in [0, 0.1) is 5.92 Å². The molecule has 1 aromatic heterocycles. The van der Waals surface area contributed by atoms with Gasteiger partial charge in [0.25, 0.3) is 5.91 Å². The number of benzene rings is 1. The van der Waals surface area contributed by atoms with Crippen LogP contribution in [0.4, 0.5) is 5.13 Å². The summed E-state index contributed by atoms with van der Waals surface area (Å²) in [6.45, 7) is 8.21. The van der Waals surface area contributed by atoms with Crippen LogP contribution >= 0.6 is 11.3 Å². The predicted molar refractivity (Wildman–Crippen MR) is 124 cm³/mol. The first-order valence-corrected chi connectivity index (χ1v) is 12.9. The monoisotopic (exact) mass is 465 g/mol. The summed E-state index contributed by atoms with van der Waals surface area (Å²) in [6.07, 6.45) is 3.92. The molecular formula is C22H31N3O4S2. The van der Waals surface area contributed by atoms with E-state index in [1.165, 1.54) is 30.6 Å². The van der Waals surface area contributed by atoms with Gasteiger partial charge in [0.05, 0.1) is 12.8 Å². The Bertz CT molecular complexity index is 1040. The molecule has 1 aromatic carbocycles. The Labute approximate surface area is 188 Å². The number of rotatable bonds is 6. The fraction of sp³-hybridized carbons (Fsp3) is 0.545. The average molecular weight is 466 g/mol. The molecule has 9 heteroatoms. The highest BCUT2D eigenvalue weighted by atomic mass is 32.2. The van der Waals surface area contributed by atoms with Gasteiger partial charge in [-0.2, -0.15) is 0 Å². The summed E-state index contributed by atoms with van der Waals surface area (Å²) in [5.41, 5.74) is 0.991. The lowest BCUT2D eigenvalue weighted by Crippen LogP contribution is -2.41. The van der Waals surface area contributed by atoms with Crippen molar-refractivity contribution in [1.82, 2.24) is 9.71 Å². The maximum atomic E-state index is 13.1. The number of sulfonamides is 1. The van der Waals surface area contributed by atoms with Gasteiger partial charge < -0.3 is 4.74 Å². The summed E-state index contributed by atoms with van der Waals surface area (Å²) < 4.78 is 34.4. The van der Waals surface area contributed by atoms with Crippen molar-refractivity contribution in [2.24, 2.45) is 5.92 Å². The minimum absolute atomic E-state index is 0.0325. The van der Waals surface area contributed by atoms with Gasteiger partial charge in [0.15, 0.2) is 5.13 Å². The minimum Gasteiger partial charge on any atom is -0.495 e. The van der Waals surface area contributed by atoms with Crippen molar-refractivity contribution in [1.29, 1.82) is 0 Å². The summed E-state index contributed by atoms with van der Waals surface area (Å²) in [5, 5.41) is 5.16. The fourth-order valence-electron chi connectivity index (χ4n) is 3.63. The Hall–Kier alpha value is -1.97. The molecule has 31 heavy (non-hydrogen) atoms. The van der Waals surface area contributed by atoms with Crippen molar-refractivity contribution in [2.45, 2.75) is 69.7 Å². The van der Waals surface area contributed by atoms with Crippen LogP contribution < -0.4 is 14.8 Å². The number of carbonyl (C=O) groups is 1. The summed E-state index contributed by atoms with van der Waals surface area (Å²) in [6, 6.07) is 4.31. The quantitative estimate of drug-likeness (QED) is 0.652. The summed E-state index contributed by atoms with van der Waals surface area (Å²) in [5.74, 6) is 0.0552. The van der Waals surface area contributed by atoms with Gasteiger partial charge in [-0.25, -0.2) is 18.1 Å². The highest BCUT2D eigenvalue weighted by molar-refractivity contribution is 7.89. The van der Waals surface area contributed by atoms with Gasteiger partial charge in [0, 0.05) is 22.4 Å². The zero-order chi connectivity index (χ0) is 22.8. The van der Waals surface area contributed by atoms with E-state index in [9.17, 15) is 13.2 Å². The van der Waals surface area contributed by atoms with Gasteiger partial charge in [0.1, 0.15) is 10.6 Å². The first-order chi connectivity index (χ1) is 14.5. The number of nitrogens with zero attached hydrogens (tertiary/aromatic N) is 1. The summed E-state index contributed by atoms with van der Waals surface area (Å²) in [4.78, 5) is 17.2. The number of nitrogens with one attached hydrogen (secondary N) is 2. The first kappa shape index (κ1) is 23.7. The van der Waals surface area contributed by atoms with E-state index in [0.717, 1.165) is 31.4 Å². The molecule has 1 amide bonds. The van der Waals surface area contributed by atoms with Gasteiger partial charge >= 0.3 is 0 Å². The van der Waals surface area contributed by atoms with Crippen LogP contribution in [0.25, 0.3) is 0 Å². The van der Waals surface area contributed by atoms with Crippen LogP contribution in [0.2, 0.25) is 0 Å². The third-order valence-corrected chi connectivity index (χ3v) is 7.90. The van der Waals surface area contributed by atoms with E-state index in [-0.39, 0.29) is 33.6 Å². The fourth-order valence-corrected chi connectivity index (χ4v) is 6.13. The molecule has 7 nitrogen and oxygen atoms in total. The van der Waals surface area contributed by atoms with Crippen LogP contribution in [-0.2, 0) is 15.4 Å². The molecule has 3 rings (SSSR count). The number of ether oxygens (including phenoxy) is 1. The molecule has 2 N–H and O–H groups in total. The zero-order valence-electron chi connectivity index (χ0n) is 18.7. The lowest BCUT2D eigenvalue weighted by molar-refractivity contribution is 0.102. The van der Waals surface area contributed by atoms with Gasteiger partial charge in [0.2, 0.25) is 10.0 Å². The number of anilines is 1. The molecule has 0 bridgehead atoms. The Morgan fingerprint density at radius 1 is 1.23 bits per heavy atom. The molecule has 0 aliphatic heterocycles. The van der Waals surface area contributed by atoms with Gasteiger partial charge in [-0.15, -0.1) is 11.3 Å². The second kappa shape index (κ2) is 9.26. The number of aromatic nitrogens is 1. The van der Waals surface area contributed by atoms with Crippen LogP contribution in [0.3, 0.4) is 0 Å². The number of hydrogen-bond acceptors (Lipinski definition) is 6. The van der Waals surface area contributed by atoms with Crippen LogP contribution in [0.5, 0.6) is 5.75 Å². The van der Waals surface area contributed by atoms with Crippen molar-refractivity contribution in [3.63, 3.8) is 0 Å². The lowest BCUT2D eigenvalue weighted by atomic mass is 9.87. The molecule has 0 radical (unpaired) electrons. The topological polar surface area (TPSA) is 97.4 Å². The maximum Gasteiger partial charge on any atom is 0.257 e. The van der Waals surface area contributed by atoms with E-state index >= 15 is 0 Å². The van der Waals surface area contributed by atoms with E-state index in [1.54, 1.807) is 6.07 Å². The van der Waals surface area contributed by atoms with Crippen molar-refractivity contribution >= 4 is 32.4 Å². The molecular weight excluding hydrogens is 434 g/mol. The number of thiazole rings is 1. The largest absolute Gasteiger partial charge is 0.495 e. The van der Waals surface area contributed by atoms with E-state index in [4.69, 9.17) is 4.74 Å². The number of methoxy groups -OCH3 is 1. The Morgan fingerprint density at radius 2 is 1.94 bits per heavy atom. The maximum absolute atomic E-state index is 13.1. The molecule has 1 fully saturated rings. The van der Waals surface area contributed by atoms with Gasteiger partial charge in [-0.1, -0.05) is 40.5 Å². The molecule has 1 aliphatic rings. The smallest absolute Gasteiger partial charge is 0.257 e. The molecule has 1 heterocycles. The number of hydrogen-bond donors (Lipinski definition) is 2. The van der Waals surface area contributed by atoms with Crippen molar-refractivity contribution in [3.8, 4) is 5.75 Å². The molecule has 0 saturated heterocycles. The second-order valence-corrected chi connectivity index (χ2v) is 11.6. The number of amides is 1. The first-order valence-electron chi connectivity index (χ1n) is 10.5. The standard InChI is InChI=1S/C22H31N3O4S2/c1-14-8-6-7-9-16(14)25-31(27,28)18-12-15(10-11-17(18)29-5)20(26)24-21-23-19(13-30-21)22(2,3)4/h10-14,16,25H,6-9H2,1-5H3,(H,23,24,26). The molecule has 2 unspecified atom stereocenters. The second-order valence-electron chi connectivity index (χ2n) is 9.10. The SMILES string of the molecule is COc1ccc(C(=O)Nc2nc(C(C)(C)C)cs2)cc1S(=O)(=O)NC1CCCCC1C. The summed E-state index contributed by atoms with van der Waals surface area (Å²) >= 11 is 1.34. The van der Waals surface area contributed by atoms with Crippen LogP contribution in [-0.4, -0.2) is 32.5 Å². The zero-order valence-corrected chi connectivity index (χ0v) is 20.3. The minimum atomic E-state index is -3.85. The number of carbonyl (C=O) groups excluding carboxylic acids is 1. The van der Waals surface area contributed by atoms with Crippen molar-refractivity contribution in [3.05, 3.63) is 34.8 Å². The van der Waals surface area contributed by atoms with Crippen molar-refractivity contribution in [2.75, 3.05) is 12.4 Å². The highest BCUT2D eigenvalue weighted by Gasteiger charge is 2.29.